The smallest absolute Gasteiger partial charge is 0.158 e. The fourth-order valence-corrected chi connectivity index (χ4v) is 3.62. The van der Waals surface area contributed by atoms with E-state index in [2.05, 4.69) is 42.7 Å². The van der Waals surface area contributed by atoms with Gasteiger partial charge in [0.25, 0.3) is 0 Å². The molecule has 7 nitrogen and oxygen atoms in total. The highest BCUT2D eigenvalue weighted by atomic mass is 16.5. The van der Waals surface area contributed by atoms with E-state index in [-0.39, 0.29) is 0 Å². The minimum atomic E-state index is 0.587. The van der Waals surface area contributed by atoms with Crippen LogP contribution in [-0.4, -0.2) is 56.9 Å². The number of aryl methyl sites for hydroxylation is 2. The lowest BCUT2D eigenvalue weighted by Gasteiger charge is -2.38. The third-order valence-corrected chi connectivity index (χ3v) is 5.29. The van der Waals surface area contributed by atoms with Gasteiger partial charge >= 0.3 is 0 Å². The summed E-state index contributed by atoms with van der Waals surface area (Å²) in [7, 11) is 0. The van der Waals surface area contributed by atoms with Crippen LogP contribution in [0.4, 0.5) is 5.82 Å². The van der Waals surface area contributed by atoms with Crippen LogP contribution in [0.25, 0.3) is 17.0 Å². The van der Waals surface area contributed by atoms with E-state index >= 15 is 0 Å². The molecule has 0 aliphatic carbocycles. The van der Waals surface area contributed by atoms with Gasteiger partial charge in [-0.25, -0.2) is 4.98 Å². The van der Waals surface area contributed by atoms with E-state index in [1.807, 2.05) is 23.6 Å². The molecule has 3 aromatic heterocycles. The SMILES string of the molecule is Cc1cc(-c2cc3nc(C)c(C)c(N4CCN(C(C)C)CC4)n3n2)no1. The summed E-state index contributed by atoms with van der Waals surface area (Å²) in [6.45, 7) is 14.7. The molecule has 7 heteroatoms. The molecule has 1 fully saturated rings. The molecule has 3 aromatic rings. The Bertz CT molecular complexity index is 933. The lowest BCUT2D eigenvalue weighted by molar-refractivity contribution is 0.208. The summed E-state index contributed by atoms with van der Waals surface area (Å²) < 4.78 is 7.17. The van der Waals surface area contributed by atoms with Crippen molar-refractivity contribution in [3.8, 4) is 11.4 Å². The lowest BCUT2D eigenvalue weighted by atomic mass is 10.2. The second-order valence-corrected chi connectivity index (χ2v) is 7.38. The first-order valence-electron chi connectivity index (χ1n) is 9.23. The number of nitrogens with zero attached hydrogens (tertiary/aromatic N) is 6. The molecule has 4 heterocycles. The zero-order valence-corrected chi connectivity index (χ0v) is 16.2. The molecule has 0 N–H and O–H groups in total. The van der Waals surface area contributed by atoms with Gasteiger partial charge in [0.1, 0.15) is 23.0 Å². The van der Waals surface area contributed by atoms with Gasteiger partial charge in [-0.3, -0.25) is 4.90 Å². The maximum Gasteiger partial charge on any atom is 0.158 e. The summed E-state index contributed by atoms with van der Waals surface area (Å²) in [4.78, 5) is 9.68. The van der Waals surface area contributed by atoms with Crippen molar-refractivity contribution in [1.29, 1.82) is 0 Å². The van der Waals surface area contributed by atoms with Crippen molar-refractivity contribution < 1.29 is 4.52 Å². The first-order valence-corrected chi connectivity index (χ1v) is 9.23. The summed E-state index contributed by atoms with van der Waals surface area (Å²) in [5.74, 6) is 1.92. The van der Waals surface area contributed by atoms with Gasteiger partial charge in [0.15, 0.2) is 5.65 Å². The van der Waals surface area contributed by atoms with E-state index < -0.39 is 0 Å². The van der Waals surface area contributed by atoms with Gasteiger partial charge in [0.2, 0.25) is 0 Å². The number of anilines is 1. The zero-order valence-electron chi connectivity index (χ0n) is 16.2. The number of piperazine rings is 1. The van der Waals surface area contributed by atoms with Crippen LogP contribution in [0.3, 0.4) is 0 Å². The quantitative estimate of drug-likeness (QED) is 0.721. The Morgan fingerprint density at radius 2 is 1.73 bits per heavy atom. The highest BCUT2D eigenvalue weighted by Gasteiger charge is 2.24. The monoisotopic (exact) mass is 354 g/mol. The molecule has 0 atom stereocenters. The van der Waals surface area contributed by atoms with E-state index in [9.17, 15) is 0 Å². The van der Waals surface area contributed by atoms with E-state index in [1.165, 1.54) is 5.56 Å². The van der Waals surface area contributed by atoms with Crippen molar-refractivity contribution in [2.45, 2.75) is 40.7 Å². The summed E-state index contributed by atoms with van der Waals surface area (Å²) in [6.07, 6.45) is 0. The Morgan fingerprint density at radius 3 is 2.35 bits per heavy atom. The lowest BCUT2D eigenvalue weighted by Crippen LogP contribution is -2.49. The van der Waals surface area contributed by atoms with E-state index in [0.29, 0.717) is 6.04 Å². The van der Waals surface area contributed by atoms with Crippen molar-refractivity contribution in [2.75, 3.05) is 31.1 Å². The van der Waals surface area contributed by atoms with Crippen LogP contribution in [0, 0.1) is 20.8 Å². The minimum absolute atomic E-state index is 0.587. The van der Waals surface area contributed by atoms with Gasteiger partial charge in [-0.15, -0.1) is 0 Å². The van der Waals surface area contributed by atoms with Crippen molar-refractivity contribution in [3.05, 3.63) is 29.2 Å². The fourth-order valence-electron chi connectivity index (χ4n) is 3.62. The Kier molecular flexibility index (Phi) is 4.19. The second kappa shape index (κ2) is 6.39. The van der Waals surface area contributed by atoms with E-state index in [4.69, 9.17) is 14.6 Å². The summed E-state index contributed by atoms with van der Waals surface area (Å²) in [5, 5.41) is 8.90. The van der Waals surface area contributed by atoms with Crippen LogP contribution in [-0.2, 0) is 0 Å². The molecule has 1 aliphatic heterocycles. The van der Waals surface area contributed by atoms with Gasteiger partial charge in [-0.05, 0) is 34.6 Å². The number of hydrogen-bond acceptors (Lipinski definition) is 6. The highest BCUT2D eigenvalue weighted by molar-refractivity contribution is 5.65. The second-order valence-electron chi connectivity index (χ2n) is 7.38. The first kappa shape index (κ1) is 17.0. The van der Waals surface area contributed by atoms with Crippen molar-refractivity contribution in [1.82, 2.24) is 24.7 Å². The predicted octanol–water partition coefficient (Wildman–Crippen LogP) is 2.84. The molecule has 0 radical (unpaired) electrons. The van der Waals surface area contributed by atoms with Gasteiger partial charge in [-0.1, -0.05) is 5.16 Å². The highest BCUT2D eigenvalue weighted by Crippen LogP contribution is 2.27. The fraction of sp³-hybridized carbons (Fsp3) is 0.526. The average Bonchev–Trinajstić information content (AvgIpc) is 3.22. The molecule has 4 rings (SSSR count). The van der Waals surface area contributed by atoms with E-state index in [0.717, 1.165) is 60.5 Å². The molecular formula is C19H26N6O. The van der Waals surface area contributed by atoms with Gasteiger partial charge in [0.05, 0.1) is 0 Å². The Hall–Kier alpha value is -2.41. The Balaban J connectivity index is 1.76. The van der Waals surface area contributed by atoms with Crippen LogP contribution in [0.1, 0.15) is 30.9 Å². The third kappa shape index (κ3) is 2.86. The van der Waals surface area contributed by atoms with Crippen molar-refractivity contribution in [3.63, 3.8) is 0 Å². The number of rotatable bonds is 3. The van der Waals surface area contributed by atoms with Crippen molar-refractivity contribution in [2.24, 2.45) is 0 Å². The normalized spacial score (nSPS) is 16.2. The molecule has 0 saturated carbocycles. The average molecular weight is 354 g/mol. The molecule has 138 valence electrons. The van der Waals surface area contributed by atoms with Crippen LogP contribution < -0.4 is 4.90 Å². The summed E-state index contributed by atoms with van der Waals surface area (Å²) in [5.41, 5.74) is 4.62. The molecular weight excluding hydrogens is 328 g/mol. The number of hydrogen-bond donors (Lipinski definition) is 0. The van der Waals surface area contributed by atoms with Gasteiger partial charge in [-0.2, -0.15) is 9.61 Å². The maximum absolute atomic E-state index is 5.21. The largest absolute Gasteiger partial charge is 0.361 e. The number of fused-ring (bicyclic) bond motifs is 1. The molecule has 26 heavy (non-hydrogen) atoms. The molecule has 1 aliphatic rings. The standard InChI is InChI=1S/C19H26N6O/c1-12(2)23-6-8-24(9-7-23)19-14(4)15(5)20-18-11-16(21-25(18)19)17-10-13(3)26-22-17/h10-12H,6-9H2,1-5H3. The van der Waals surface area contributed by atoms with Crippen LogP contribution in [0.2, 0.25) is 0 Å². The van der Waals surface area contributed by atoms with Gasteiger partial charge < -0.3 is 9.42 Å². The molecule has 0 spiro atoms. The van der Waals surface area contributed by atoms with Crippen LogP contribution >= 0.6 is 0 Å². The molecule has 0 amide bonds. The summed E-state index contributed by atoms with van der Waals surface area (Å²) >= 11 is 0. The maximum atomic E-state index is 5.21. The van der Waals surface area contributed by atoms with E-state index in [1.54, 1.807) is 0 Å². The Labute approximate surface area is 153 Å². The minimum Gasteiger partial charge on any atom is -0.361 e. The summed E-state index contributed by atoms with van der Waals surface area (Å²) in [6, 6.07) is 4.48. The van der Waals surface area contributed by atoms with Crippen LogP contribution in [0.5, 0.6) is 0 Å². The zero-order chi connectivity index (χ0) is 18.4. The predicted molar refractivity (Wildman–Crippen MR) is 102 cm³/mol. The molecule has 1 saturated heterocycles. The Morgan fingerprint density at radius 1 is 1.00 bits per heavy atom. The molecule has 0 unspecified atom stereocenters. The molecule has 0 aromatic carbocycles. The van der Waals surface area contributed by atoms with Crippen molar-refractivity contribution >= 4 is 11.5 Å². The first-order chi connectivity index (χ1) is 12.4. The topological polar surface area (TPSA) is 62.7 Å². The van der Waals surface area contributed by atoms with Gasteiger partial charge in [0, 0.05) is 55.6 Å². The third-order valence-electron chi connectivity index (χ3n) is 5.29. The number of aromatic nitrogens is 4. The molecule has 0 bridgehead atoms. The van der Waals surface area contributed by atoms with Crippen LogP contribution in [0.15, 0.2) is 16.7 Å².